The molecule has 2 unspecified atom stereocenters. The van der Waals surface area contributed by atoms with E-state index in [9.17, 15) is 13.2 Å². The SMILES string of the molecule is CC12CCC(C/C1=N/NC(=O)CN(c1ccccc1Br)S(C)(=O)=O)C2(C)C. The molecule has 148 valence electrons. The number of hydrogen-bond acceptors (Lipinski definition) is 4. The molecular weight excluding hydrogens is 430 g/mol. The molecule has 1 amide bonds. The molecule has 2 bridgehead atoms. The largest absolute Gasteiger partial charge is 0.271 e. The summed E-state index contributed by atoms with van der Waals surface area (Å²) in [7, 11) is -3.62. The highest BCUT2D eigenvalue weighted by Crippen LogP contribution is 2.63. The Hall–Kier alpha value is -1.41. The maximum atomic E-state index is 12.5. The van der Waals surface area contributed by atoms with Crippen LogP contribution in [0.2, 0.25) is 0 Å². The average molecular weight is 456 g/mol. The van der Waals surface area contributed by atoms with Crippen molar-refractivity contribution in [3.8, 4) is 0 Å². The monoisotopic (exact) mass is 455 g/mol. The number of benzene rings is 1. The van der Waals surface area contributed by atoms with Crippen molar-refractivity contribution in [2.24, 2.45) is 21.8 Å². The Morgan fingerprint density at radius 2 is 2.00 bits per heavy atom. The van der Waals surface area contributed by atoms with Crippen molar-refractivity contribution in [2.45, 2.75) is 40.0 Å². The van der Waals surface area contributed by atoms with E-state index in [-0.39, 0.29) is 17.4 Å². The number of rotatable bonds is 5. The number of sulfonamides is 1. The molecule has 2 aliphatic carbocycles. The first-order valence-electron chi connectivity index (χ1n) is 9.05. The molecule has 2 aliphatic rings. The summed E-state index contributed by atoms with van der Waals surface area (Å²) in [4.78, 5) is 12.5. The maximum Gasteiger partial charge on any atom is 0.260 e. The number of carbonyl (C=O) groups excluding carboxylic acids is 1. The molecule has 6 nitrogen and oxygen atoms in total. The minimum absolute atomic E-state index is 0.01000. The first-order valence-corrected chi connectivity index (χ1v) is 11.7. The van der Waals surface area contributed by atoms with Crippen molar-refractivity contribution in [3.63, 3.8) is 0 Å². The first kappa shape index (κ1) is 20.3. The van der Waals surface area contributed by atoms with E-state index in [1.165, 1.54) is 6.42 Å². The highest BCUT2D eigenvalue weighted by Gasteiger charge is 2.60. The molecular formula is C19H26BrN3O3S. The number of nitrogens with one attached hydrogen (secondary N) is 1. The molecule has 0 heterocycles. The van der Waals surface area contributed by atoms with Gasteiger partial charge in [0.2, 0.25) is 10.0 Å². The van der Waals surface area contributed by atoms with Crippen LogP contribution in [0.25, 0.3) is 0 Å². The average Bonchev–Trinajstić information content (AvgIpc) is 2.91. The van der Waals surface area contributed by atoms with Gasteiger partial charge in [0.1, 0.15) is 6.54 Å². The minimum atomic E-state index is -3.62. The van der Waals surface area contributed by atoms with Gasteiger partial charge in [0, 0.05) is 15.6 Å². The van der Waals surface area contributed by atoms with E-state index < -0.39 is 15.9 Å². The Balaban J connectivity index is 1.76. The molecule has 1 N–H and O–H groups in total. The molecule has 1 aromatic carbocycles. The zero-order chi connectivity index (χ0) is 20.0. The maximum absolute atomic E-state index is 12.5. The van der Waals surface area contributed by atoms with Gasteiger partial charge in [0.15, 0.2) is 0 Å². The topological polar surface area (TPSA) is 78.8 Å². The van der Waals surface area contributed by atoms with Gasteiger partial charge in [0.25, 0.3) is 5.91 Å². The number of nitrogens with zero attached hydrogens (tertiary/aromatic N) is 2. The van der Waals surface area contributed by atoms with Crippen LogP contribution >= 0.6 is 15.9 Å². The van der Waals surface area contributed by atoms with Gasteiger partial charge in [-0.05, 0) is 58.7 Å². The Morgan fingerprint density at radius 3 is 2.52 bits per heavy atom. The van der Waals surface area contributed by atoms with Crippen molar-refractivity contribution in [1.82, 2.24) is 5.43 Å². The fourth-order valence-electron chi connectivity index (χ4n) is 4.43. The molecule has 0 aliphatic heterocycles. The number of amides is 1. The van der Waals surface area contributed by atoms with Crippen molar-refractivity contribution < 1.29 is 13.2 Å². The van der Waals surface area contributed by atoms with Gasteiger partial charge < -0.3 is 0 Å². The molecule has 27 heavy (non-hydrogen) atoms. The standard InChI is InChI=1S/C19H26BrN3O3S/c1-18(2)13-9-10-19(18,3)16(11-13)21-22-17(24)12-23(27(4,25)26)15-8-6-5-7-14(15)20/h5-8,13H,9-12H2,1-4H3,(H,22,24)/b21-16-. The number of anilines is 1. The molecule has 8 heteroatoms. The third-order valence-electron chi connectivity index (χ3n) is 6.64. The van der Waals surface area contributed by atoms with Gasteiger partial charge in [-0.2, -0.15) is 5.10 Å². The molecule has 0 saturated heterocycles. The fourth-order valence-corrected chi connectivity index (χ4v) is 5.91. The second-order valence-electron chi connectivity index (χ2n) is 8.31. The third-order valence-corrected chi connectivity index (χ3v) is 8.43. The van der Waals surface area contributed by atoms with E-state index in [0.717, 1.165) is 29.1 Å². The van der Waals surface area contributed by atoms with Gasteiger partial charge in [-0.15, -0.1) is 0 Å². The second-order valence-corrected chi connectivity index (χ2v) is 11.1. The van der Waals surface area contributed by atoms with Gasteiger partial charge in [0.05, 0.1) is 11.9 Å². The minimum Gasteiger partial charge on any atom is -0.271 e. The van der Waals surface area contributed by atoms with Crippen molar-refractivity contribution in [3.05, 3.63) is 28.7 Å². The van der Waals surface area contributed by atoms with E-state index in [1.54, 1.807) is 24.3 Å². The quantitative estimate of drug-likeness (QED) is 0.689. The normalized spacial score (nSPS) is 27.7. The molecule has 2 saturated carbocycles. The first-order chi connectivity index (χ1) is 12.5. The third kappa shape index (κ3) is 3.53. The predicted octanol–water partition coefficient (Wildman–Crippen LogP) is 3.53. The lowest BCUT2D eigenvalue weighted by Gasteiger charge is -2.34. The van der Waals surface area contributed by atoms with Crippen LogP contribution in [0.1, 0.15) is 40.0 Å². The van der Waals surface area contributed by atoms with Crippen molar-refractivity contribution in [1.29, 1.82) is 0 Å². The Bertz CT molecular complexity index is 897. The van der Waals surface area contributed by atoms with Crippen LogP contribution < -0.4 is 9.73 Å². The molecule has 0 radical (unpaired) electrons. The van der Waals surface area contributed by atoms with E-state index >= 15 is 0 Å². The van der Waals surface area contributed by atoms with E-state index in [4.69, 9.17) is 0 Å². The summed E-state index contributed by atoms with van der Waals surface area (Å²) in [5, 5.41) is 4.41. The van der Waals surface area contributed by atoms with Crippen LogP contribution in [-0.2, 0) is 14.8 Å². The number of carbonyl (C=O) groups is 1. The summed E-state index contributed by atoms with van der Waals surface area (Å²) in [5.74, 6) is 0.138. The van der Waals surface area contributed by atoms with Crippen LogP contribution in [0.15, 0.2) is 33.8 Å². The summed E-state index contributed by atoms with van der Waals surface area (Å²) in [5.41, 5.74) is 4.20. The van der Waals surface area contributed by atoms with E-state index in [1.807, 2.05) is 0 Å². The number of fused-ring (bicyclic) bond motifs is 2. The van der Waals surface area contributed by atoms with Crippen LogP contribution in [-0.4, -0.2) is 32.8 Å². The Kier molecular flexibility index (Phi) is 5.18. The predicted molar refractivity (Wildman–Crippen MR) is 111 cm³/mol. The van der Waals surface area contributed by atoms with Crippen LogP contribution in [0.4, 0.5) is 5.69 Å². The van der Waals surface area contributed by atoms with Gasteiger partial charge in [-0.25, -0.2) is 13.8 Å². The van der Waals surface area contributed by atoms with Gasteiger partial charge in [-0.1, -0.05) is 32.9 Å². The van der Waals surface area contributed by atoms with E-state index in [0.29, 0.717) is 16.1 Å². The highest BCUT2D eigenvalue weighted by atomic mass is 79.9. The smallest absolute Gasteiger partial charge is 0.260 e. The lowest BCUT2D eigenvalue weighted by molar-refractivity contribution is -0.119. The summed E-state index contributed by atoms with van der Waals surface area (Å²) in [6.07, 6.45) is 4.25. The van der Waals surface area contributed by atoms with Crippen LogP contribution in [0, 0.1) is 16.7 Å². The number of para-hydroxylation sites is 1. The lowest BCUT2D eigenvalue weighted by Crippen LogP contribution is -2.40. The molecule has 3 rings (SSSR count). The van der Waals surface area contributed by atoms with Gasteiger partial charge in [-0.3, -0.25) is 9.10 Å². The summed E-state index contributed by atoms with van der Waals surface area (Å²) in [6.45, 7) is 6.44. The molecule has 2 atom stereocenters. The zero-order valence-corrected chi connectivity index (χ0v) is 18.5. The van der Waals surface area contributed by atoms with E-state index in [2.05, 4.69) is 47.2 Å². The second kappa shape index (κ2) is 6.88. The fraction of sp³-hybridized carbons (Fsp3) is 0.579. The molecule has 1 aromatic rings. The Labute approximate surface area is 169 Å². The number of hydrazone groups is 1. The highest BCUT2D eigenvalue weighted by molar-refractivity contribution is 9.10. The zero-order valence-electron chi connectivity index (χ0n) is 16.1. The van der Waals surface area contributed by atoms with Crippen LogP contribution in [0.3, 0.4) is 0 Å². The summed E-state index contributed by atoms with van der Waals surface area (Å²) >= 11 is 3.35. The summed E-state index contributed by atoms with van der Waals surface area (Å²) in [6, 6.07) is 6.92. The number of hydrogen-bond donors (Lipinski definition) is 1. The van der Waals surface area contributed by atoms with Crippen molar-refractivity contribution >= 4 is 43.3 Å². The Morgan fingerprint density at radius 1 is 1.33 bits per heavy atom. The van der Waals surface area contributed by atoms with Crippen molar-refractivity contribution in [2.75, 3.05) is 17.1 Å². The molecule has 0 aromatic heterocycles. The van der Waals surface area contributed by atoms with Gasteiger partial charge >= 0.3 is 0 Å². The molecule has 2 fully saturated rings. The molecule has 0 spiro atoms. The number of halogens is 1. The summed E-state index contributed by atoms with van der Waals surface area (Å²) < 4.78 is 26.1. The lowest BCUT2D eigenvalue weighted by atomic mass is 9.70. The van der Waals surface area contributed by atoms with Crippen LogP contribution in [0.5, 0.6) is 0 Å².